The first kappa shape index (κ1) is 9.26. The summed E-state index contributed by atoms with van der Waals surface area (Å²) in [6, 6.07) is 9.52. The van der Waals surface area contributed by atoms with E-state index < -0.39 is 0 Å². The molecule has 2 aromatic rings. The molecule has 0 unspecified atom stereocenters. The van der Waals surface area contributed by atoms with Gasteiger partial charge in [0.1, 0.15) is 0 Å². The van der Waals surface area contributed by atoms with Gasteiger partial charge < -0.3 is 11.1 Å². The highest BCUT2D eigenvalue weighted by Crippen LogP contribution is 2.17. The van der Waals surface area contributed by atoms with Crippen LogP contribution in [0.2, 0.25) is 0 Å². The Morgan fingerprint density at radius 1 is 1.33 bits per heavy atom. The molecule has 1 aromatic carbocycles. The minimum atomic E-state index is 0.369. The molecular weight excluding hydrogens is 192 g/mol. The molecule has 0 aliphatic carbocycles. The second-order valence-electron chi connectivity index (χ2n) is 2.98. The first-order chi connectivity index (χ1) is 7.31. The van der Waals surface area contributed by atoms with E-state index in [0.29, 0.717) is 17.9 Å². The maximum Gasteiger partial charge on any atom is 0.212 e. The van der Waals surface area contributed by atoms with Gasteiger partial charge in [0, 0.05) is 0 Å². The largest absolute Gasteiger partial charge is 0.394 e. The van der Waals surface area contributed by atoms with Gasteiger partial charge >= 0.3 is 0 Å². The van der Waals surface area contributed by atoms with Gasteiger partial charge in [0.2, 0.25) is 6.41 Å². The molecule has 5 nitrogen and oxygen atoms in total. The van der Waals surface area contributed by atoms with Crippen LogP contribution in [0.1, 0.15) is 0 Å². The van der Waals surface area contributed by atoms with Crippen LogP contribution in [0.3, 0.4) is 0 Å². The second-order valence-corrected chi connectivity index (χ2v) is 2.98. The van der Waals surface area contributed by atoms with Gasteiger partial charge in [-0.25, -0.2) is 4.68 Å². The average Bonchev–Trinajstić information content (AvgIpc) is 2.63. The zero-order valence-corrected chi connectivity index (χ0v) is 7.92. The maximum absolute atomic E-state index is 10.3. The van der Waals surface area contributed by atoms with E-state index >= 15 is 0 Å². The molecule has 3 N–H and O–H groups in total. The SMILES string of the molecule is Nc1cn(-c2ccccc2)nc1NC=O. The van der Waals surface area contributed by atoms with Crippen molar-refractivity contribution in [2.75, 3.05) is 11.1 Å². The van der Waals surface area contributed by atoms with E-state index in [1.165, 1.54) is 0 Å². The van der Waals surface area contributed by atoms with E-state index in [-0.39, 0.29) is 0 Å². The zero-order chi connectivity index (χ0) is 10.7. The molecule has 5 heteroatoms. The molecule has 0 fully saturated rings. The molecule has 76 valence electrons. The summed E-state index contributed by atoms with van der Waals surface area (Å²) in [6.07, 6.45) is 2.20. The lowest BCUT2D eigenvalue weighted by molar-refractivity contribution is -0.105. The molecule has 0 spiro atoms. The third kappa shape index (κ3) is 1.80. The molecular formula is C10H10N4O. The summed E-state index contributed by atoms with van der Waals surface area (Å²) < 4.78 is 1.61. The van der Waals surface area contributed by atoms with E-state index in [1.807, 2.05) is 30.3 Å². The standard InChI is InChI=1S/C10H10N4O/c11-9-6-14(13-10(9)12-7-15)8-4-2-1-3-5-8/h1-7H,11H2,(H,12,13,15). The fraction of sp³-hybridized carbons (Fsp3) is 0. The number of nitrogen functional groups attached to an aromatic ring is 1. The Kier molecular flexibility index (Phi) is 2.37. The molecule has 0 aliphatic rings. The maximum atomic E-state index is 10.3. The van der Waals surface area contributed by atoms with Crippen LogP contribution in [-0.2, 0) is 4.79 Å². The van der Waals surface area contributed by atoms with Gasteiger partial charge in [0.25, 0.3) is 0 Å². The van der Waals surface area contributed by atoms with E-state index in [4.69, 9.17) is 5.73 Å². The summed E-state index contributed by atoms with van der Waals surface area (Å²) in [5, 5.41) is 6.55. The number of rotatable bonds is 3. The fourth-order valence-corrected chi connectivity index (χ4v) is 1.27. The molecule has 0 bridgehead atoms. The predicted octanol–water partition coefficient (Wildman–Crippen LogP) is 1.02. The van der Waals surface area contributed by atoms with Crippen LogP contribution < -0.4 is 11.1 Å². The first-order valence-electron chi connectivity index (χ1n) is 4.42. The molecule has 0 radical (unpaired) electrons. The fourth-order valence-electron chi connectivity index (χ4n) is 1.27. The summed E-state index contributed by atoms with van der Waals surface area (Å²) in [6.45, 7) is 0. The summed E-state index contributed by atoms with van der Waals surface area (Å²) in [5.41, 5.74) is 6.99. The van der Waals surface area contributed by atoms with Crippen molar-refractivity contribution in [3.8, 4) is 5.69 Å². The molecule has 15 heavy (non-hydrogen) atoms. The van der Waals surface area contributed by atoms with Crippen LogP contribution >= 0.6 is 0 Å². The Morgan fingerprint density at radius 3 is 2.73 bits per heavy atom. The van der Waals surface area contributed by atoms with Gasteiger partial charge in [0.05, 0.1) is 17.6 Å². The first-order valence-corrected chi connectivity index (χ1v) is 4.42. The molecule has 0 saturated carbocycles. The van der Waals surface area contributed by atoms with Crippen molar-refractivity contribution in [3.63, 3.8) is 0 Å². The monoisotopic (exact) mass is 202 g/mol. The third-order valence-corrected chi connectivity index (χ3v) is 1.96. The number of hydrogen-bond acceptors (Lipinski definition) is 3. The van der Waals surface area contributed by atoms with Crippen LogP contribution in [0.15, 0.2) is 36.5 Å². The molecule has 0 atom stereocenters. The summed E-state index contributed by atoms with van der Waals surface area (Å²) in [4.78, 5) is 10.3. The molecule has 0 aliphatic heterocycles. The average molecular weight is 202 g/mol. The van der Waals surface area contributed by atoms with Crippen molar-refractivity contribution >= 4 is 17.9 Å². The Balaban J connectivity index is 2.38. The van der Waals surface area contributed by atoms with Crippen molar-refractivity contribution < 1.29 is 4.79 Å². The van der Waals surface area contributed by atoms with Crippen LogP contribution in [0, 0.1) is 0 Å². The number of carbonyl (C=O) groups is 1. The van der Waals surface area contributed by atoms with E-state index in [2.05, 4.69) is 10.4 Å². The number of hydrogen-bond donors (Lipinski definition) is 2. The van der Waals surface area contributed by atoms with E-state index in [9.17, 15) is 4.79 Å². The third-order valence-electron chi connectivity index (χ3n) is 1.96. The van der Waals surface area contributed by atoms with E-state index in [0.717, 1.165) is 5.69 Å². The zero-order valence-electron chi connectivity index (χ0n) is 7.92. The predicted molar refractivity (Wildman–Crippen MR) is 57.7 cm³/mol. The number of nitrogens with one attached hydrogen (secondary N) is 1. The number of amides is 1. The van der Waals surface area contributed by atoms with E-state index in [1.54, 1.807) is 10.9 Å². The van der Waals surface area contributed by atoms with Crippen LogP contribution in [0.5, 0.6) is 0 Å². The van der Waals surface area contributed by atoms with Gasteiger partial charge in [-0.3, -0.25) is 4.79 Å². The Morgan fingerprint density at radius 2 is 2.07 bits per heavy atom. The topological polar surface area (TPSA) is 72.9 Å². The van der Waals surface area contributed by atoms with Crippen molar-refractivity contribution in [3.05, 3.63) is 36.5 Å². The number of anilines is 2. The van der Waals surface area contributed by atoms with Gasteiger partial charge in [-0.15, -0.1) is 5.10 Å². The minimum absolute atomic E-state index is 0.369. The van der Waals surface area contributed by atoms with Gasteiger partial charge in [0.15, 0.2) is 5.82 Å². The lowest BCUT2D eigenvalue weighted by atomic mass is 10.3. The number of nitrogens with two attached hydrogens (primary N) is 1. The Labute approximate surface area is 86.5 Å². The van der Waals surface area contributed by atoms with Crippen molar-refractivity contribution in [1.82, 2.24) is 9.78 Å². The number of para-hydroxylation sites is 1. The van der Waals surface area contributed by atoms with Crippen LogP contribution in [0.4, 0.5) is 11.5 Å². The van der Waals surface area contributed by atoms with Gasteiger partial charge in [-0.05, 0) is 12.1 Å². The lowest BCUT2D eigenvalue weighted by Gasteiger charge is -1.98. The summed E-state index contributed by atoms with van der Waals surface area (Å²) >= 11 is 0. The molecule has 2 rings (SSSR count). The van der Waals surface area contributed by atoms with Crippen molar-refractivity contribution in [2.24, 2.45) is 0 Å². The summed E-state index contributed by atoms with van der Waals surface area (Å²) in [5.74, 6) is 0.369. The Hall–Kier alpha value is -2.30. The molecule has 0 saturated heterocycles. The number of aromatic nitrogens is 2. The smallest absolute Gasteiger partial charge is 0.212 e. The number of benzene rings is 1. The molecule has 1 heterocycles. The normalized spacial score (nSPS) is 9.87. The summed E-state index contributed by atoms with van der Waals surface area (Å²) in [7, 11) is 0. The Bertz CT molecular complexity index is 464. The van der Waals surface area contributed by atoms with Gasteiger partial charge in [-0.2, -0.15) is 0 Å². The van der Waals surface area contributed by atoms with Crippen LogP contribution in [0.25, 0.3) is 5.69 Å². The minimum Gasteiger partial charge on any atom is -0.394 e. The highest BCUT2D eigenvalue weighted by Gasteiger charge is 2.05. The molecule has 1 aromatic heterocycles. The quantitative estimate of drug-likeness (QED) is 0.730. The van der Waals surface area contributed by atoms with Crippen LogP contribution in [-0.4, -0.2) is 16.2 Å². The highest BCUT2D eigenvalue weighted by atomic mass is 16.1. The van der Waals surface area contributed by atoms with Gasteiger partial charge in [-0.1, -0.05) is 18.2 Å². The second kappa shape index (κ2) is 3.83. The van der Waals surface area contributed by atoms with Crippen molar-refractivity contribution in [1.29, 1.82) is 0 Å². The highest BCUT2D eigenvalue weighted by molar-refractivity contribution is 5.76. The van der Waals surface area contributed by atoms with Crippen molar-refractivity contribution in [2.45, 2.75) is 0 Å². The lowest BCUT2D eigenvalue weighted by Crippen LogP contribution is -1.99. The molecule has 1 amide bonds. The number of nitrogens with zero attached hydrogens (tertiary/aromatic N) is 2. The number of carbonyl (C=O) groups excluding carboxylic acids is 1.